The number of nitriles is 1. The zero-order chi connectivity index (χ0) is 14.7. The third-order valence-corrected chi connectivity index (χ3v) is 3.20. The summed E-state index contributed by atoms with van der Waals surface area (Å²) in [6.07, 6.45) is 2.03. The Hall–Kier alpha value is -2.19. The Bertz CT molecular complexity index is 679. The maximum absolute atomic E-state index is 13.6. The van der Waals surface area contributed by atoms with E-state index in [2.05, 4.69) is 16.4 Å². The largest absolute Gasteiger partial charge is 0.396 e. The van der Waals surface area contributed by atoms with Crippen LogP contribution in [0.4, 0.5) is 10.1 Å². The summed E-state index contributed by atoms with van der Waals surface area (Å²) in [6.45, 7) is 3.73. The lowest BCUT2D eigenvalue weighted by atomic mass is 10.1. The first-order valence-corrected chi connectivity index (χ1v) is 6.43. The minimum atomic E-state index is -0.357. The van der Waals surface area contributed by atoms with E-state index in [4.69, 9.17) is 5.11 Å². The van der Waals surface area contributed by atoms with E-state index >= 15 is 0 Å². The number of anilines is 1. The molecule has 0 fully saturated rings. The van der Waals surface area contributed by atoms with Crippen LogP contribution in [0.15, 0.2) is 18.3 Å². The summed E-state index contributed by atoms with van der Waals surface area (Å²) >= 11 is 0. The molecule has 1 heterocycles. The van der Waals surface area contributed by atoms with Crippen LogP contribution in [0.5, 0.6) is 0 Å². The number of nitrogens with one attached hydrogen (secondary N) is 1. The first-order chi connectivity index (χ1) is 9.56. The van der Waals surface area contributed by atoms with E-state index in [9.17, 15) is 9.65 Å². The maximum Gasteiger partial charge on any atom is 0.124 e. The van der Waals surface area contributed by atoms with Gasteiger partial charge >= 0.3 is 0 Å². The van der Waals surface area contributed by atoms with Gasteiger partial charge in [-0.25, -0.2) is 4.39 Å². The molecule has 0 radical (unpaired) electrons. The lowest BCUT2D eigenvalue weighted by molar-refractivity contribution is 0.282. The van der Waals surface area contributed by atoms with Crippen molar-refractivity contribution in [2.75, 3.05) is 11.9 Å². The summed E-state index contributed by atoms with van der Waals surface area (Å²) < 4.78 is 13.6. The second-order valence-electron chi connectivity index (χ2n) is 4.84. The van der Waals surface area contributed by atoms with Gasteiger partial charge < -0.3 is 10.4 Å². The first-order valence-electron chi connectivity index (χ1n) is 6.43. The number of pyridine rings is 1. The monoisotopic (exact) mass is 273 g/mol. The second kappa shape index (κ2) is 5.85. The molecule has 2 N–H and O–H groups in total. The highest BCUT2D eigenvalue weighted by atomic mass is 19.1. The van der Waals surface area contributed by atoms with Crippen molar-refractivity contribution in [3.8, 4) is 6.07 Å². The number of aliphatic hydroxyl groups excluding tert-OH is 1. The quantitative estimate of drug-likeness (QED) is 0.898. The van der Waals surface area contributed by atoms with Crippen LogP contribution in [-0.4, -0.2) is 22.7 Å². The molecule has 0 saturated carbocycles. The molecule has 4 nitrogen and oxygen atoms in total. The van der Waals surface area contributed by atoms with E-state index < -0.39 is 0 Å². The highest BCUT2D eigenvalue weighted by molar-refractivity contribution is 5.95. The van der Waals surface area contributed by atoms with E-state index in [0.717, 1.165) is 5.56 Å². The molecule has 0 unspecified atom stereocenters. The fraction of sp³-hybridized carbons (Fsp3) is 0.333. The number of nitrogens with zero attached hydrogens (tertiary/aromatic N) is 2. The molecule has 0 spiro atoms. The third-order valence-electron chi connectivity index (χ3n) is 3.20. The predicted molar refractivity (Wildman–Crippen MR) is 75.9 cm³/mol. The van der Waals surface area contributed by atoms with Crippen LogP contribution in [0.3, 0.4) is 0 Å². The Morgan fingerprint density at radius 3 is 2.90 bits per heavy atom. The Morgan fingerprint density at radius 2 is 2.25 bits per heavy atom. The maximum atomic E-state index is 13.6. The summed E-state index contributed by atoms with van der Waals surface area (Å²) in [7, 11) is 0. The van der Waals surface area contributed by atoms with Gasteiger partial charge in [-0.2, -0.15) is 5.26 Å². The molecule has 0 aliphatic carbocycles. The summed E-state index contributed by atoms with van der Waals surface area (Å²) in [5.41, 5.74) is 2.33. The SMILES string of the molecule is Cc1cc(F)cc2c(N[C@H](C)CCO)c(C#N)cnc12. The molecule has 0 amide bonds. The lowest BCUT2D eigenvalue weighted by Gasteiger charge is -2.17. The van der Waals surface area contributed by atoms with Gasteiger partial charge in [0.1, 0.15) is 11.9 Å². The highest BCUT2D eigenvalue weighted by Crippen LogP contribution is 2.29. The van der Waals surface area contributed by atoms with Crippen LogP contribution in [0.1, 0.15) is 24.5 Å². The van der Waals surface area contributed by atoms with E-state index in [1.807, 2.05) is 6.92 Å². The van der Waals surface area contributed by atoms with Crippen LogP contribution in [-0.2, 0) is 0 Å². The molecule has 0 saturated heterocycles. The molecule has 1 aromatic heterocycles. The molecule has 1 atom stereocenters. The number of benzene rings is 1. The predicted octanol–water partition coefficient (Wildman–Crippen LogP) is 2.74. The standard InChI is InChI=1S/C15H16FN3O/c1-9-5-12(16)6-13-14(9)18-8-11(7-17)15(13)19-10(2)3-4-20/h5-6,8,10,20H,3-4H2,1-2H3,(H,18,19)/t10-/m1/s1. The van der Waals surface area contributed by atoms with Crippen LogP contribution >= 0.6 is 0 Å². The minimum absolute atomic E-state index is 0.0266. The van der Waals surface area contributed by atoms with Crippen molar-refractivity contribution in [2.24, 2.45) is 0 Å². The van der Waals surface area contributed by atoms with Crippen LogP contribution in [0.25, 0.3) is 10.9 Å². The molecular formula is C15H16FN3O. The van der Waals surface area contributed by atoms with E-state index in [1.54, 1.807) is 6.92 Å². The minimum Gasteiger partial charge on any atom is -0.396 e. The molecule has 1 aromatic carbocycles. The number of fused-ring (bicyclic) bond motifs is 1. The van der Waals surface area contributed by atoms with Crippen molar-refractivity contribution in [3.05, 3.63) is 35.3 Å². The molecule has 5 heteroatoms. The number of rotatable bonds is 4. The molecule has 2 aromatic rings. The van der Waals surface area contributed by atoms with Crippen molar-refractivity contribution in [1.82, 2.24) is 4.98 Å². The number of halogens is 1. The van der Waals surface area contributed by atoms with Crippen molar-refractivity contribution in [3.63, 3.8) is 0 Å². The van der Waals surface area contributed by atoms with Gasteiger partial charge in [-0.15, -0.1) is 0 Å². The summed E-state index contributed by atoms with van der Waals surface area (Å²) in [4.78, 5) is 4.23. The molecule has 20 heavy (non-hydrogen) atoms. The number of aromatic nitrogens is 1. The van der Waals surface area contributed by atoms with Gasteiger partial charge in [0.05, 0.1) is 16.8 Å². The average Bonchev–Trinajstić information content (AvgIpc) is 2.39. The van der Waals surface area contributed by atoms with Gasteiger partial charge in [0.15, 0.2) is 0 Å². The zero-order valence-corrected chi connectivity index (χ0v) is 11.4. The lowest BCUT2D eigenvalue weighted by Crippen LogP contribution is -2.17. The van der Waals surface area contributed by atoms with E-state index in [0.29, 0.717) is 28.6 Å². The van der Waals surface area contributed by atoms with Gasteiger partial charge in [-0.3, -0.25) is 4.98 Å². The Balaban J connectivity index is 2.62. The number of aryl methyl sites for hydroxylation is 1. The van der Waals surface area contributed by atoms with Crippen molar-refractivity contribution in [1.29, 1.82) is 5.26 Å². The Labute approximate surface area is 116 Å². The van der Waals surface area contributed by atoms with E-state index in [-0.39, 0.29) is 18.5 Å². The van der Waals surface area contributed by atoms with Gasteiger partial charge in [-0.1, -0.05) is 0 Å². The van der Waals surface area contributed by atoms with Gasteiger partial charge in [0.25, 0.3) is 0 Å². The topological polar surface area (TPSA) is 68.9 Å². The molecular weight excluding hydrogens is 257 g/mol. The fourth-order valence-electron chi connectivity index (χ4n) is 2.19. The van der Waals surface area contributed by atoms with Crippen LogP contribution < -0.4 is 5.32 Å². The Kier molecular flexibility index (Phi) is 4.16. The highest BCUT2D eigenvalue weighted by Gasteiger charge is 2.13. The Morgan fingerprint density at radius 1 is 1.50 bits per heavy atom. The van der Waals surface area contributed by atoms with Gasteiger partial charge in [-0.05, 0) is 38.0 Å². The van der Waals surface area contributed by atoms with Crippen molar-refractivity contribution in [2.45, 2.75) is 26.3 Å². The average molecular weight is 273 g/mol. The summed E-state index contributed by atoms with van der Waals surface area (Å²) in [6, 6.07) is 4.84. The van der Waals surface area contributed by atoms with E-state index in [1.165, 1.54) is 18.3 Å². The number of hydrogen-bond donors (Lipinski definition) is 2. The molecule has 0 aliphatic rings. The van der Waals surface area contributed by atoms with Gasteiger partial charge in [0.2, 0.25) is 0 Å². The van der Waals surface area contributed by atoms with Crippen LogP contribution in [0.2, 0.25) is 0 Å². The first kappa shape index (κ1) is 14.2. The van der Waals surface area contributed by atoms with Gasteiger partial charge in [0, 0.05) is 24.2 Å². The molecule has 104 valence electrons. The van der Waals surface area contributed by atoms with Crippen LogP contribution in [0, 0.1) is 24.1 Å². The zero-order valence-electron chi connectivity index (χ0n) is 11.4. The third kappa shape index (κ3) is 2.70. The summed E-state index contributed by atoms with van der Waals surface area (Å²) in [5.74, 6) is -0.357. The summed E-state index contributed by atoms with van der Waals surface area (Å²) in [5, 5.41) is 21.9. The molecule has 0 aliphatic heterocycles. The van der Waals surface area contributed by atoms with Crippen molar-refractivity contribution >= 4 is 16.6 Å². The fourth-order valence-corrected chi connectivity index (χ4v) is 2.19. The molecule has 2 rings (SSSR count). The number of hydrogen-bond acceptors (Lipinski definition) is 4. The normalized spacial score (nSPS) is 12.2. The molecule has 0 bridgehead atoms. The number of aliphatic hydroxyl groups is 1. The smallest absolute Gasteiger partial charge is 0.124 e. The second-order valence-corrected chi connectivity index (χ2v) is 4.84. The van der Waals surface area contributed by atoms with Crippen molar-refractivity contribution < 1.29 is 9.50 Å².